The molecule has 1 aromatic carbocycles. The molecule has 170 valence electrons. The van der Waals surface area contributed by atoms with Crippen molar-refractivity contribution in [1.29, 1.82) is 0 Å². The second kappa shape index (κ2) is 12.3. The minimum Gasteiger partial charge on any atom is -0.389 e. The first kappa shape index (κ1) is 24.7. The summed E-state index contributed by atoms with van der Waals surface area (Å²) >= 11 is 0. The van der Waals surface area contributed by atoms with E-state index in [1.807, 2.05) is 0 Å². The maximum Gasteiger partial charge on any atom is 0.253 e. The Kier molecular flexibility index (Phi) is 10.2. The molecule has 6 nitrogen and oxygen atoms in total. The molecule has 0 unspecified atom stereocenters. The third-order valence-corrected chi connectivity index (χ3v) is 4.84. The van der Waals surface area contributed by atoms with Gasteiger partial charge >= 0.3 is 0 Å². The Balaban J connectivity index is 1.91. The topological polar surface area (TPSA) is 62.2 Å². The molecule has 1 aliphatic rings. The van der Waals surface area contributed by atoms with Gasteiger partial charge in [0.15, 0.2) is 0 Å². The Bertz CT molecular complexity index is 639. The van der Waals surface area contributed by atoms with E-state index in [1.165, 1.54) is 24.3 Å². The second-order valence-electron chi connectivity index (χ2n) is 8.95. The summed E-state index contributed by atoms with van der Waals surface area (Å²) in [6.07, 6.45) is -0.680. The molecule has 1 amide bonds. The first-order valence-electron chi connectivity index (χ1n) is 10.9. The Morgan fingerprint density at radius 1 is 1.23 bits per heavy atom. The Labute approximate surface area is 179 Å². The quantitative estimate of drug-likeness (QED) is 0.592. The highest BCUT2D eigenvalue weighted by molar-refractivity contribution is 5.94. The zero-order valence-electron chi connectivity index (χ0n) is 18.7. The van der Waals surface area contributed by atoms with Crippen LogP contribution in [0.5, 0.6) is 0 Å². The van der Waals surface area contributed by atoms with Gasteiger partial charge in [0.25, 0.3) is 5.91 Å². The molecule has 2 atom stereocenters. The number of benzene rings is 1. The third-order valence-electron chi connectivity index (χ3n) is 4.84. The molecule has 0 bridgehead atoms. The predicted molar refractivity (Wildman–Crippen MR) is 115 cm³/mol. The SMILES string of the molecule is CC(C)COC[C@@H](O)CN1CCO[C@H](CN(CC(C)C)C(=O)c2ccc(F)cc2)C1. The van der Waals surface area contributed by atoms with Gasteiger partial charge in [0.1, 0.15) is 5.82 Å². The van der Waals surface area contributed by atoms with E-state index in [-0.39, 0.29) is 17.8 Å². The lowest BCUT2D eigenvalue weighted by Crippen LogP contribution is -2.51. The number of β-amino-alcohol motifs (C(OH)–C–C–N with tert-alkyl or cyclic N) is 1. The first-order chi connectivity index (χ1) is 14.2. The van der Waals surface area contributed by atoms with Crippen LogP contribution in [-0.4, -0.2) is 85.6 Å². The summed E-state index contributed by atoms with van der Waals surface area (Å²) in [5, 5.41) is 10.3. The standard InChI is InChI=1S/C23H37FN2O4/c1-17(2)11-26(23(28)19-5-7-20(24)8-6-19)14-22-13-25(9-10-30-22)12-21(27)16-29-15-18(3)4/h5-8,17-18,21-22,27H,9-16H2,1-4H3/t21-,22-/m0/s1. The van der Waals surface area contributed by atoms with Gasteiger partial charge in [0.05, 0.1) is 25.4 Å². The molecule has 2 rings (SSSR count). The number of ether oxygens (including phenoxy) is 2. The van der Waals surface area contributed by atoms with Gasteiger partial charge in [0.2, 0.25) is 0 Å². The zero-order valence-corrected chi connectivity index (χ0v) is 18.7. The predicted octanol–water partition coefficient (Wildman–Crippen LogP) is 2.66. The van der Waals surface area contributed by atoms with Crippen LogP contribution < -0.4 is 0 Å². The molecule has 1 aliphatic heterocycles. The number of morpholine rings is 1. The van der Waals surface area contributed by atoms with Crippen LogP contribution >= 0.6 is 0 Å². The van der Waals surface area contributed by atoms with E-state index in [0.29, 0.717) is 63.4 Å². The summed E-state index contributed by atoms with van der Waals surface area (Å²) in [5.41, 5.74) is 0.474. The van der Waals surface area contributed by atoms with E-state index in [4.69, 9.17) is 9.47 Å². The number of hydrogen-bond donors (Lipinski definition) is 1. The minimum atomic E-state index is -0.546. The Morgan fingerprint density at radius 3 is 2.57 bits per heavy atom. The van der Waals surface area contributed by atoms with Gasteiger partial charge in [-0.1, -0.05) is 27.7 Å². The van der Waals surface area contributed by atoms with E-state index >= 15 is 0 Å². The van der Waals surface area contributed by atoms with Crippen molar-refractivity contribution in [3.8, 4) is 0 Å². The van der Waals surface area contributed by atoms with E-state index in [0.717, 1.165) is 6.54 Å². The van der Waals surface area contributed by atoms with Crippen molar-refractivity contribution in [3.63, 3.8) is 0 Å². The van der Waals surface area contributed by atoms with Crippen molar-refractivity contribution in [2.45, 2.75) is 39.9 Å². The molecule has 1 N–H and O–H groups in total. The highest BCUT2D eigenvalue weighted by Crippen LogP contribution is 2.14. The maximum absolute atomic E-state index is 13.2. The van der Waals surface area contributed by atoms with E-state index in [1.54, 1.807) is 4.90 Å². The van der Waals surface area contributed by atoms with Crippen LogP contribution in [0.15, 0.2) is 24.3 Å². The van der Waals surface area contributed by atoms with E-state index < -0.39 is 6.10 Å². The Hall–Kier alpha value is -1.54. The monoisotopic (exact) mass is 424 g/mol. The molecule has 30 heavy (non-hydrogen) atoms. The summed E-state index contributed by atoms with van der Waals surface area (Å²) in [4.78, 5) is 16.9. The minimum absolute atomic E-state index is 0.119. The summed E-state index contributed by atoms with van der Waals surface area (Å²) in [7, 11) is 0. The van der Waals surface area contributed by atoms with Gasteiger partial charge in [-0.2, -0.15) is 0 Å². The number of carbonyl (C=O) groups excluding carboxylic acids is 1. The lowest BCUT2D eigenvalue weighted by Gasteiger charge is -2.37. The van der Waals surface area contributed by atoms with Gasteiger partial charge in [-0.3, -0.25) is 9.69 Å². The summed E-state index contributed by atoms with van der Waals surface area (Å²) < 4.78 is 24.7. The van der Waals surface area contributed by atoms with Crippen LogP contribution in [0.25, 0.3) is 0 Å². The molecule has 0 radical (unpaired) electrons. The smallest absolute Gasteiger partial charge is 0.253 e. The van der Waals surface area contributed by atoms with Gasteiger partial charge in [-0.15, -0.1) is 0 Å². The van der Waals surface area contributed by atoms with Crippen molar-refractivity contribution in [2.75, 3.05) is 52.5 Å². The third kappa shape index (κ3) is 8.68. The van der Waals surface area contributed by atoms with Crippen LogP contribution in [0.1, 0.15) is 38.1 Å². The molecule has 1 aromatic rings. The van der Waals surface area contributed by atoms with Gasteiger partial charge in [-0.05, 0) is 36.1 Å². The van der Waals surface area contributed by atoms with Crippen molar-refractivity contribution < 1.29 is 23.8 Å². The zero-order chi connectivity index (χ0) is 22.1. The molecule has 1 saturated heterocycles. The van der Waals surface area contributed by atoms with Crippen LogP contribution in [0.2, 0.25) is 0 Å². The molecule has 0 spiro atoms. The molecular formula is C23H37FN2O4. The first-order valence-corrected chi connectivity index (χ1v) is 10.9. The summed E-state index contributed by atoms with van der Waals surface area (Å²) in [6.45, 7) is 12.8. The molecular weight excluding hydrogens is 387 g/mol. The molecule has 7 heteroatoms. The fourth-order valence-corrected chi connectivity index (χ4v) is 3.55. The number of aliphatic hydroxyl groups is 1. The average molecular weight is 425 g/mol. The van der Waals surface area contributed by atoms with Crippen LogP contribution in [0.4, 0.5) is 4.39 Å². The van der Waals surface area contributed by atoms with Gasteiger partial charge in [-0.25, -0.2) is 4.39 Å². The molecule has 0 saturated carbocycles. The van der Waals surface area contributed by atoms with Crippen molar-refractivity contribution in [3.05, 3.63) is 35.6 Å². The highest BCUT2D eigenvalue weighted by atomic mass is 19.1. The fraction of sp³-hybridized carbons (Fsp3) is 0.696. The van der Waals surface area contributed by atoms with Crippen molar-refractivity contribution in [1.82, 2.24) is 9.80 Å². The van der Waals surface area contributed by atoms with Crippen molar-refractivity contribution in [2.24, 2.45) is 11.8 Å². The average Bonchev–Trinajstić information content (AvgIpc) is 2.67. The molecule has 1 heterocycles. The number of aliphatic hydroxyl groups excluding tert-OH is 1. The molecule has 1 fully saturated rings. The molecule has 0 aliphatic carbocycles. The number of hydrogen-bond acceptors (Lipinski definition) is 5. The summed E-state index contributed by atoms with van der Waals surface area (Å²) in [5.74, 6) is 0.264. The highest BCUT2D eigenvalue weighted by Gasteiger charge is 2.27. The largest absolute Gasteiger partial charge is 0.389 e. The number of carbonyl (C=O) groups is 1. The second-order valence-corrected chi connectivity index (χ2v) is 8.95. The number of amides is 1. The van der Waals surface area contributed by atoms with Crippen LogP contribution in [-0.2, 0) is 9.47 Å². The van der Waals surface area contributed by atoms with Gasteiger partial charge in [0, 0.05) is 44.9 Å². The molecule has 0 aromatic heterocycles. The normalized spacial score (nSPS) is 18.7. The lowest BCUT2D eigenvalue weighted by molar-refractivity contribution is -0.0602. The van der Waals surface area contributed by atoms with Crippen molar-refractivity contribution >= 4 is 5.91 Å². The number of halogens is 1. The lowest BCUT2D eigenvalue weighted by atomic mass is 10.1. The maximum atomic E-state index is 13.2. The van der Waals surface area contributed by atoms with Gasteiger partial charge < -0.3 is 19.5 Å². The van der Waals surface area contributed by atoms with Crippen LogP contribution in [0, 0.1) is 17.7 Å². The Morgan fingerprint density at radius 2 is 1.93 bits per heavy atom. The summed E-state index contributed by atoms with van der Waals surface area (Å²) in [6, 6.07) is 5.66. The number of rotatable bonds is 11. The van der Waals surface area contributed by atoms with Crippen LogP contribution in [0.3, 0.4) is 0 Å². The van der Waals surface area contributed by atoms with E-state index in [9.17, 15) is 14.3 Å². The van der Waals surface area contributed by atoms with E-state index in [2.05, 4.69) is 32.6 Å². The number of nitrogens with zero attached hydrogens (tertiary/aromatic N) is 2. The fourth-order valence-electron chi connectivity index (χ4n) is 3.55.